The second kappa shape index (κ2) is 19.1. The maximum atomic E-state index is 6.57. The van der Waals surface area contributed by atoms with Crippen molar-refractivity contribution in [3.63, 3.8) is 0 Å². The Balaban J connectivity index is 0.000000238. The molecule has 4 heterocycles. The molecule has 0 unspecified atom stereocenters. The molecule has 0 spiro atoms. The zero-order valence-corrected chi connectivity index (χ0v) is 43.1. The second-order valence-corrected chi connectivity index (χ2v) is 24.4. The van der Waals surface area contributed by atoms with E-state index >= 15 is 0 Å². The molecule has 0 aliphatic rings. The number of hydrogen-bond donors (Lipinski definition) is 0. The van der Waals surface area contributed by atoms with E-state index in [9.17, 15) is 0 Å². The molecular weight excluding hydrogens is 1000 g/mol. The Hall–Kier alpha value is -5.98. The average molecular weight is 1060 g/mol. The monoisotopic (exact) mass is 1060 g/mol. The van der Waals surface area contributed by atoms with Crippen LogP contribution in [0, 0.1) is 25.0 Å². The van der Waals surface area contributed by atoms with Gasteiger partial charge in [-0.15, -0.1) is 54.1 Å². The van der Waals surface area contributed by atoms with Crippen LogP contribution in [0.25, 0.3) is 83.3 Å². The average Bonchev–Trinajstić information content (AvgIpc) is 3.89. The van der Waals surface area contributed by atoms with E-state index in [0.717, 1.165) is 78.6 Å². The normalized spacial score (nSPS) is 11.8. The van der Waals surface area contributed by atoms with E-state index in [2.05, 4.69) is 187 Å². The van der Waals surface area contributed by atoms with Crippen molar-refractivity contribution in [1.82, 2.24) is 19.5 Å². The number of fused-ring (bicyclic) bond motifs is 6. The maximum Gasteiger partial charge on any atom is 0.120 e. The van der Waals surface area contributed by atoms with Gasteiger partial charge in [0, 0.05) is 42.8 Å². The van der Waals surface area contributed by atoms with Crippen LogP contribution < -0.4 is 5.19 Å². The Bertz CT molecular complexity index is 3300. The predicted octanol–water partition coefficient (Wildman–Crippen LogP) is 15.5. The first-order valence-corrected chi connectivity index (χ1v) is 26.6. The van der Waals surface area contributed by atoms with E-state index in [1.54, 1.807) is 0 Å². The maximum absolute atomic E-state index is 6.57. The molecule has 66 heavy (non-hydrogen) atoms. The number of pyridine rings is 2. The molecule has 0 N–H and O–H groups in total. The van der Waals surface area contributed by atoms with E-state index in [4.69, 9.17) is 14.4 Å². The molecule has 10 rings (SSSR count). The van der Waals surface area contributed by atoms with E-state index in [1.165, 1.54) is 38.7 Å². The Kier molecular flexibility index (Phi) is 13.5. The van der Waals surface area contributed by atoms with Crippen LogP contribution in [0.3, 0.4) is 0 Å². The van der Waals surface area contributed by atoms with E-state index < -0.39 is 8.07 Å². The molecule has 0 aliphatic heterocycles. The summed E-state index contributed by atoms with van der Waals surface area (Å²) in [6, 6.07) is 53.2. The Morgan fingerprint density at radius 2 is 1.33 bits per heavy atom. The summed E-state index contributed by atoms with van der Waals surface area (Å²) in [5, 5.41) is 4.68. The predicted molar refractivity (Wildman–Crippen MR) is 276 cm³/mol. The zero-order chi connectivity index (χ0) is 45.6. The molecule has 0 atom stereocenters. The standard InChI is InChI=1S/C41H34N3O.C18H24NSi.Ir/c1-24(2)33-22-28(27-14-7-6-8-15-27)23-34(25(3)4)39(33)44-38-26(5)42-35-20-11-9-17-31(35)37(38)43-41(44)32-19-13-18-30-29-16-10-12-21-36(29)45-40(30)32;1-14(2)11-16-12-17(15-9-7-6-8-10-15)19-13-18(16)20(3,4)5;/h6-18,20-25H,1-5H3;6-9,12-14H,11H2,1-5H3;/q2*-1;. The number of furan rings is 1. The molecule has 1 radical (unpaired) electrons. The third kappa shape index (κ3) is 8.97. The Morgan fingerprint density at radius 1 is 0.667 bits per heavy atom. The van der Waals surface area contributed by atoms with E-state index in [-0.39, 0.29) is 31.9 Å². The summed E-state index contributed by atoms with van der Waals surface area (Å²) in [6.07, 6.45) is 3.24. The SMILES string of the molecule is CC(C)Cc1cc(-c2[c-]cccc2)ncc1[Si](C)(C)C.Cc1nc2ccccc2c2nc(-c3[c-]ccc4c3oc3ccccc34)n(-c3c(C(C)C)cc(-c4ccccc4)cc3C(C)C)c12.[Ir]. The van der Waals surface area contributed by atoms with Gasteiger partial charge in [-0.25, -0.2) is 0 Å². The molecule has 6 aromatic carbocycles. The van der Waals surface area contributed by atoms with Crippen molar-refractivity contribution in [2.45, 2.75) is 86.4 Å². The van der Waals surface area contributed by atoms with Gasteiger partial charge in [0.05, 0.1) is 41.7 Å². The van der Waals surface area contributed by atoms with Gasteiger partial charge in [0.25, 0.3) is 0 Å². The first-order valence-electron chi connectivity index (χ1n) is 23.1. The van der Waals surface area contributed by atoms with Gasteiger partial charge in [0.2, 0.25) is 0 Å². The van der Waals surface area contributed by atoms with Crippen molar-refractivity contribution in [2.75, 3.05) is 0 Å². The summed E-state index contributed by atoms with van der Waals surface area (Å²) < 4.78 is 8.94. The van der Waals surface area contributed by atoms with Crippen LogP contribution in [0.15, 0.2) is 144 Å². The van der Waals surface area contributed by atoms with Crippen molar-refractivity contribution in [3.05, 3.63) is 174 Å². The van der Waals surface area contributed by atoms with Gasteiger partial charge in [0.1, 0.15) is 5.58 Å². The van der Waals surface area contributed by atoms with E-state index in [0.29, 0.717) is 5.92 Å². The quantitative estimate of drug-likeness (QED) is 0.107. The van der Waals surface area contributed by atoms with Gasteiger partial charge >= 0.3 is 0 Å². The smallest absolute Gasteiger partial charge is 0.120 e. The van der Waals surface area contributed by atoms with Gasteiger partial charge in [-0.05, 0) is 88.5 Å². The minimum atomic E-state index is -1.34. The number of imidazole rings is 1. The summed E-state index contributed by atoms with van der Waals surface area (Å²) in [5.74, 6) is 1.99. The summed E-state index contributed by atoms with van der Waals surface area (Å²) in [7, 11) is -1.34. The van der Waals surface area contributed by atoms with Crippen molar-refractivity contribution in [3.8, 4) is 39.5 Å². The molecule has 10 aromatic rings. The molecule has 5 nitrogen and oxygen atoms in total. The topological polar surface area (TPSA) is 56.7 Å². The molecule has 0 aliphatic carbocycles. The fourth-order valence-corrected chi connectivity index (χ4v) is 10.9. The van der Waals surface area contributed by atoms with Crippen molar-refractivity contribution in [1.29, 1.82) is 0 Å². The van der Waals surface area contributed by atoms with Gasteiger partial charge in [0.15, 0.2) is 0 Å². The summed E-state index contributed by atoms with van der Waals surface area (Å²) >= 11 is 0. The molecule has 0 bridgehead atoms. The van der Waals surface area contributed by atoms with Crippen LogP contribution in [0.4, 0.5) is 0 Å². The number of para-hydroxylation sites is 2. The third-order valence-corrected chi connectivity index (χ3v) is 14.5. The molecule has 4 aromatic heterocycles. The minimum Gasteiger partial charge on any atom is -0.501 e. The molecule has 7 heteroatoms. The fourth-order valence-electron chi connectivity index (χ4n) is 9.29. The van der Waals surface area contributed by atoms with Crippen LogP contribution in [-0.4, -0.2) is 27.6 Å². The first kappa shape index (κ1) is 46.5. The van der Waals surface area contributed by atoms with Crippen molar-refractivity contribution >= 4 is 57.1 Å². The van der Waals surface area contributed by atoms with Crippen LogP contribution >= 0.6 is 0 Å². The number of aromatic nitrogens is 4. The Labute approximate surface area is 404 Å². The molecule has 0 fully saturated rings. The summed E-state index contributed by atoms with van der Waals surface area (Å²) in [4.78, 5) is 15.3. The minimum absolute atomic E-state index is 0. The second-order valence-electron chi connectivity index (χ2n) is 19.4. The van der Waals surface area contributed by atoms with Crippen LogP contribution in [-0.2, 0) is 26.5 Å². The van der Waals surface area contributed by atoms with E-state index in [1.807, 2.05) is 42.5 Å². The molecule has 0 amide bonds. The molecule has 0 saturated heterocycles. The molecule has 335 valence electrons. The van der Waals surface area contributed by atoms with Gasteiger partial charge in [-0.2, -0.15) is 0 Å². The number of nitrogens with zero attached hydrogens (tertiary/aromatic N) is 4. The number of rotatable bonds is 9. The molecule has 0 saturated carbocycles. The molecular formula is C59H58IrN4OSi-2. The van der Waals surface area contributed by atoms with Crippen molar-refractivity contribution in [2.24, 2.45) is 5.92 Å². The summed E-state index contributed by atoms with van der Waals surface area (Å²) in [6.45, 7) is 23.0. The number of benzene rings is 6. The first-order chi connectivity index (χ1) is 31.3. The van der Waals surface area contributed by atoms with Crippen molar-refractivity contribution < 1.29 is 24.5 Å². The third-order valence-electron chi connectivity index (χ3n) is 12.4. The van der Waals surface area contributed by atoms with Gasteiger partial charge in [-0.1, -0.05) is 150 Å². The number of aryl methyl sites for hydroxylation is 1. The largest absolute Gasteiger partial charge is 0.501 e. The van der Waals surface area contributed by atoms with Crippen LogP contribution in [0.5, 0.6) is 0 Å². The summed E-state index contributed by atoms with van der Waals surface area (Å²) in [5.41, 5.74) is 16.1. The van der Waals surface area contributed by atoms with Crippen LogP contribution in [0.2, 0.25) is 19.6 Å². The number of hydrogen-bond acceptors (Lipinski definition) is 4. The Morgan fingerprint density at radius 3 is 2.00 bits per heavy atom. The van der Waals surface area contributed by atoms with Gasteiger partial charge in [-0.3, -0.25) is 9.97 Å². The van der Waals surface area contributed by atoms with Gasteiger partial charge < -0.3 is 14.0 Å². The fraction of sp³-hybridized carbons (Fsp3) is 0.237. The van der Waals surface area contributed by atoms with Crippen LogP contribution in [0.1, 0.15) is 75.8 Å². The zero-order valence-electron chi connectivity index (χ0n) is 39.7.